The van der Waals surface area contributed by atoms with Gasteiger partial charge >= 0.3 is 6.03 Å². The number of hydrogen-bond donors (Lipinski definition) is 2. The Morgan fingerprint density at radius 3 is 3.07 bits per heavy atom. The van der Waals surface area contributed by atoms with E-state index in [1.165, 1.54) is 16.9 Å². The van der Waals surface area contributed by atoms with Gasteiger partial charge in [0, 0.05) is 29.7 Å². The molecule has 1 saturated carbocycles. The van der Waals surface area contributed by atoms with Gasteiger partial charge < -0.3 is 15.4 Å². The summed E-state index contributed by atoms with van der Waals surface area (Å²) in [6.07, 6.45) is 7.26. The van der Waals surface area contributed by atoms with Crippen molar-refractivity contribution in [3.05, 3.63) is 65.8 Å². The zero-order valence-corrected chi connectivity index (χ0v) is 14.8. The van der Waals surface area contributed by atoms with Crippen LogP contribution in [0.5, 0.6) is 0 Å². The number of carbonyl (C=O) groups excluding carboxylic acids is 1. The number of aromatic nitrogens is 4. The number of nitrogens with zero attached hydrogens (tertiary/aromatic N) is 4. The van der Waals surface area contributed by atoms with E-state index in [4.69, 9.17) is 4.74 Å². The minimum absolute atomic E-state index is 0.0867. The van der Waals surface area contributed by atoms with Crippen LogP contribution in [0.3, 0.4) is 0 Å². The van der Waals surface area contributed by atoms with Crippen molar-refractivity contribution in [2.45, 2.75) is 18.3 Å². The SMILES string of the molecule is O=C1N/C=C(/c2cc([C@H]3C[C@@H]3c3cccnc3)c3ncc(F)n3n2)COCN1. The van der Waals surface area contributed by atoms with E-state index in [-0.39, 0.29) is 25.3 Å². The van der Waals surface area contributed by atoms with E-state index in [1.54, 1.807) is 6.20 Å². The van der Waals surface area contributed by atoms with Crippen molar-refractivity contribution in [1.29, 1.82) is 0 Å². The van der Waals surface area contributed by atoms with Crippen molar-refractivity contribution >= 4 is 17.3 Å². The molecule has 3 aromatic rings. The molecule has 1 fully saturated rings. The lowest BCUT2D eigenvalue weighted by Crippen LogP contribution is -2.36. The first kappa shape index (κ1) is 16.8. The lowest BCUT2D eigenvalue weighted by molar-refractivity contribution is 0.146. The molecule has 3 aromatic heterocycles. The molecule has 4 heterocycles. The number of amides is 2. The van der Waals surface area contributed by atoms with Gasteiger partial charge in [-0.15, -0.1) is 0 Å². The Bertz CT molecular complexity index is 1080. The molecule has 0 unspecified atom stereocenters. The van der Waals surface area contributed by atoms with Gasteiger partial charge in [-0.1, -0.05) is 6.07 Å². The molecule has 9 heteroatoms. The van der Waals surface area contributed by atoms with Gasteiger partial charge in [0.05, 0.1) is 18.5 Å². The highest BCUT2D eigenvalue weighted by atomic mass is 19.1. The molecule has 142 valence electrons. The highest BCUT2D eigenvalue weighted by Crippen LogP contribution is 2.55. The van der Waals surface area contributed by atoms with E-state index >= 15 is 0 Å². The van der Waals surface area contributed by atoms with E-state index in [0.29, 0.717) is 22.8 Å². The first-order chi connectivity index (χ1) is 13.7. The van der Waals surface area contributed by atoms with Crippen LogP contribution in [0.2, 0.25) is 0 Å². The summed E-state index contributed by atoms with van der Waals surface area (Å²) in [6, 6.07) is 5.52. The van der Waals surface area contributed by atoms with Crippen LogP contribution in [-0.2, 0) is 4.74 Å². The number of nitrogens with one attached hydrogen (secondary N) is 2. The van der Waals surface area contributed by atoms with Crippen LogP contribution < -0.4 is 10.6 Å². The minimum Gasteiger partial charge on any atom is -0.356 e. The molecule has 1 aliphatic carbocycles. The topological polar surface area (TPSA) is 93.4 Å². The van der Waals surface area contributed by atoms with Gasteiger partial charge in [0.1, 0.15) is 6.73 Å². The molecular formula is C19H17FN6O2. The maximum atomic E-state index is 14.3. The number of fused-ring (bicyclic) bond motifs is 1. The summed E-state index contributed by atoms with van der Waals surface area (Å²) in [5.41, 5.74) is 3.79. The Labute approximate surface area is 159 Å². The summed E-state index contributed by atoms with van der Waals surface area (Å²) in [5.74, 6) is -0.00435. The fourth-order valence-electron chi connectivity index (χ4n) is 3.57. The number of urea groups is 1. The second-order valence-electron chi connectivity index (χ2n) is 6.85. The van der Waals surface area contributed by atoms with Gasteiger partial charge in [0.25, 0.3) is 0 Å². The molecule has 2 amide bonds. The van der Waals surface area contributed by atoms with E-state index in [1.807, 2.05) is 18.3 Å². The number of carbonyl (C=O) groups is 1. The molecule has 2 N–H and O–H groups in total. The molecule has 0 saturated heterocycles. The predicted molar refractivity (Wildman–Crippen MR) is 97.7 cm³/mol. The average molecular weight is 380 g/mol. The molecule has 0 aromatic carbocycles. The van der Waals surface area contributed by atoms with E-state index < -0.39 is 5.95 Å². The summed E-state index contributed by atoms with van der Waals surface area (Å²) in [4.78, 5) is 20.0. The Balaban J connectivity index is 1.56. The van der Waals surface area contributed by atoms with E-state index in [0.717, 1.165) is 17.5 Å². The van der Waals surface area contributed by atoms with Gasteiger partial charge in [0.2, 0.25) is 5.95 Å². The van der Waals surface area contributed by atoms with Crippen LogP contribution in [0, 0.1) is 5.95 Å². The monoisotopic (exact) mass is 380 g/mol. The third kappa shape index (κ3) is 2.99. The van der Waals surface area contributed by atoms with Crippen molar-refractivity contribution < 1.29 is 13.9 Å². The van der Waals surface area contributed by atoms with Crippen molar-refractivity contribution in [2.75, 3.05) is 13.3 Å². The lowest BCUT2D eigenvalue weighted by atomic mass is 10.0. The van der Waals surface area contributed by atoms with Crippen molar-refractivity contribution in [3.8, 4) is 0 Å². The lowest BCUT2D eigenvalue weighted by Gasteiger charge is -2.15. The van der Waals surface area contributed by atoms with Crippen molar-refractivity contribution in [1.82, 2.24) is 30.2 Å². The standard InChI is InChI=1S/C19H17FN6O2/c20-17-8-22-18-15(14-4-13(14)11-2-1-3-21-6-11)5-16(25-26(17)18)12-7-23-19(27)24-10-28-9-12/h1-3,5-8,13-14H,4,9-10H2,(H2,23,24,27)/b12-7+/t13-,14+/m1/s1. The first-order valence-electron chi connectivity index (χ1n) is 8.96. The number of rotatable bonds is 3. The van der Waals surface area contributed by atoms with Gasteiger partial charge in [-0.05, 0) is 36.0 Å². The fraction of sp³-hybridized carbons (Fsp3) is 0.263. The maximum absolute atomic E-state index is 14.3. The second kappa shape index (κ2) is 6.68. The molecule has 8 nitrogen and oxygen atoms in total. The molecule has 28 heavy (non-hydrogen) atoms. The zero-order valence-electron chi connectivity index (χ0n) is 14.8. The fourth-order valence-corrected chi connectivity index (χ4v) is 3.57. The Morgan fingerprint density at radius 1 is 1.29 bits per heavy atom. The second-order valence-corrected chi connectivity index (χ2v) is 6.85. The van der Waals surface area contributed by atoms with Crippen LogP contribution in [0.25, 0.3) is 11.2 Å². The number of pyridine rings is 1. The smallest absolute Gasteiger partial charge is 0.320 e. The third-order valence-corrected chi connectivity index (χ3v) is 5.06. The van der Waals surface area contributed by atoms with Gasteiger partial charge in [-0.25, -0.2) is 9.78 Å². The largest absolute Gasteiger partial charge is 0.356 e. The highest BCUT2D eigenvalue weighted by molar-refractivity contribution is 5.78. The van der Waals surface area contributed by atoms with Crippen molar-refractivity contribution in [3.63, 3.8) is 0 Å². The molecule has 0 spiro atoms. The van der Waals surface area contributed by atoms with Crippen LogP contribution >= 0.6 is 0 Å². The Kier molecular flexibility index (Phi) is 4.01. The number of imidazole rings is 1. The first-order valence-corrected chi connectivity index (χ1v) is 8.96. The quantitative estimate of drug-likeness (QED) is 0.726. The Hall–Kier alpha value is -3.33. The Morgan fingerprint density at radius 2 is 2.21 bits per heavy atom. The predicted octanol–water partition coefficient (Wildman–Crippen LogP) is 2.16. The third-order valence-electron chi connectivity index (χ3n) is 5.06. The molecular weight excluding hydrogens is 363 g/mol. The van der Waals surface area contributed by atoms with Crippen molar-refractivity contribution in [2.24, 2.45) is 0 Å². The zero-order chi connectivity index (χ0) is 19.1. The van der Waals surface area contributed by atoms with Gasteiger partial charge in [-0.2, -0.15) is 14.0 Å². The summed E-state index contributed by atoms with van der Waals surface area (Å²) < 4.78 is 20.9. The highest BCUT2D eigenvalue weighted by Gasteiger charge is 2.41. The molecule has 0 radical (unpaired) electrons. The summed E-state index contributed by atoms with van der Waals surface area (Å²) >= 11 is 0. The summed E-state index contributed by atoms with van der Waals surface area (Å²) in [6.45, 7) is 0.321. The molecule has 2 aliphatic rings. The molecule has 2 atom stereocenters. The van der Waals surface area contributed by atoms with E-state index in [2.05, 4.69) is 31.8 Å². The van der Waals surface area contributed by atoms with Crippen LogP contribution in [-0.4, -0.2) is 39.0 Å². The average Bonchev–Trinajstić information content (AvgIpc) is 3.42. The number of halogens is 1. The van der Waals surface area contributed by atoms with Gasteiger partial charge in [0.15, 0.2) is 5.65 Å². The molecule has 1 aliphatic heterocycles. The maximum Gasteiger partial charge on any atom is 0.320 e. The summed E-state index contributed by atoms with van der Waals surface area (Å²) in [5, 5.41) is 9.54. The van der Waals surface area contributed by atoms with Gasteiger partial charge in [-0.3, -0.25) is 4.98 Å². The normalized spacial score (nSPS) is 23.9. The minimum atomic E-state index is -0.533. The molecule has 0 bridgehead atoms. The van der Waals surface area contributed by atoms with Crippen LogP contribution in [0.15, 0.2) is 43.0 Å². The van der Waals surface area contributed by atoms with Crippen LogP contribution in [0.4, 0.5) is 9.18 Å². The number of hydrogen-bond acceptors (Lipinski definition) is 5. The summed E-state index contributed by atoms with van der Waals surface area (Å²) in [7, 11) is 0. The van der Waals surface area contributed by atoms with Crippen LogP contribution in [0.1, 0.15) is 35.1 Å². The number of ether oxygens (including phenoxy) is 1. The van der Waals surface area contributed by atoms with E-state index in [9.17, 15) is 9.18 Å². The molecule has 5 rings (SSSR count).